The third-order valence-electron chi connectivity index (χ3n) is 4.15. The summed E-state index contributed by atoms with van der Waals surface area (Å²) >= 11 is 5.91. The molecule has 0 bridgehead atoms. The third-order valence-corrected chi connectivity index (χ3v) is 4.40. The fourth-order valence-electron chi connectivity index (χ4n) is 2.65. The number of ether oxygens (including phenoxy) is 1. The molecule has 0 saturated carbocycles. The lowest BCUT2D eigenvalue weighted by Crippen LogP contribution is -2.20. The van der Waals surface area contributed by atoms with Gasteiger partial charge in [0, 0.05) is 10.7 Å². The Morgan fingerprint density at radius 3 is 2.52 bits per heavy atom. The molecule has 0 aliphatic carbocycles. The Bertz CT molecular complexity index is 1070. The fraction of sp³-hybridized carbons (Fsp3) is 0.0833. The van der Waals surface area contributed by atoms with Gasteiger partial charge in [-0.25, -0.2) is 0 Å². The van der Waals surface area contributed by atoms with E-state index in [1.807, 2.05) is 43.3 Å². The van der Waals surface area contributed by atoms with E-state index in [-0.39, 0.29) is 12.5 Å². The second kappa shape index (κ2) is 9.59. The van der Waals surface area contributed by atoms with Crippen molar-refractivity contribution in [1.82, 2.24) is 0 Å². The van der Waals surface area contributed by atoms with Gasteiger partial charge in [0.25, 0.3) is 5.91 Å². The lowest BCUT2D eigenvalue weighted by Gasteiger charge is -2.08. The minimum atomic E-state index is -0.242. The van der Waals surface area contributed by atoms with E-state index in [4.69, 9.17) is 16.3 Å². The van der Waals surface area contributed by atoms with Crippen LogP contribution in [0.15, 0.2) is 72.8 Å². The van der Waals surface area contributed by atoms with E-state index in [1.165, 1.54) is 0 Å². The van der Waals surface area contributed by atoms with Crippen molar-refractivity contribution in [2.24, 2.45) is 0 Å². The zero-order chi connectivity index (χ0) is 20.6. The molecule has 0 heterocycles. The van der Waals surface area contributed by atoms with Crippen LogP contribution in [-0.4, -0.2) is 12.5 Å². The quantitative estimate of drug-likeness (QED) is 0.423. The van der Waals surface area contributed by atoms with Crippen LogP contribution in [0.5, 0.6) is 5.75 Å². The van der Waals surface area contributed by atoms with Crippen LogP contribution in [0, 0.1) is 18.3 Å². The van der Waals surface area contributed by atoms with Crippen LogP contribution in [0.2, 0.25) is 5.02 Å². The largest absolute Gasteiger partial charge is 0.484 e. The van der Waals surface area contributed by atoms with Gasteiger partial charge in [0.2, 0.25) is 0 Å². The highest BCUT2D eigenvalue weighted by Crippen LogP contribution is 2.22. The molecule has 0 saturated heterocycles. The molecule has 0 fully saturated rings. The first kappa shape index (κ1) is 20.2. The number of allylic oxidation sites excluding steroid dienone is 1. The molecule has 5 heteroatoms. The highest BCUT2D eigenvalue weighted by molar-refractivity contribution is 6.30. The number of nitrogens with one attached hydrogen (secondary N) is 1. The Labute approximate surface area is 175 Å². The van der Waals surface area contributed by atoms with Gasteiger partial charge in [-0.15, -0.1) is 0 Å². The fourth-order valence-corrected chi connectivity index (χ4v) is 2.78. The minimum Gasteiger partial charge on any atom is -0.484 e. The molecule has 4 nitrogen and oxygen atoms in total. The summed E-state index contributed by atoms with van der Waals surface area (Å²) in [6, 6.07) is 24.1. The molecule has 3 aromatic carbocycles. The molecular formula is C24H19ClN2O2. The highest BCUT2D eigenvalue weighted by atomic mass is 35.5. The smallest absolute Gasteiger partial charge is 0.262 e. The molecular weight excluding hydrogens is 384 g/mol. The van der Waals surface area contributed by atoms with Gasteiger partial charge in [0.1, 0.15) is 5.75 Å². The predicted molar refractivity (Wildman–Crippen MR) is 117 cm³/mol. The average molecular weight is 403 g/mol. The monoisotopic (exact) mass is 402 g/mol. The van der Waals surface area contributed by atoms with Crippen molar-refractivity contribution in [3.8, 4) is 11.8 Å². The number of rotatable bonds is 6. The van der Waals surface area contributed by atoms with Crippen molar-refractivity contribution in [2.75, 3.05) is 11.9 Å². The zero-order valence-electron chi connectivity index (χ0n) is 15.9. The van der Waals surface area contributed by atoms with Crippen molar-refractivity contribution < 1.29 is 9.53 Å². The molecule has 0 aromatic heterocycles. The van der Waals surface area contributed by atoms with Crippen molar-refractivity contribution in [1.29, 1.82) is 5.26 Å². The van der Waals surface area contributed by atoms with Crippen molar-refractivity contribution in [3.05, 3.63) is 94.5 Å². The van der Waals surface area contributed by atoms with Gasteiger partial charge in [0.05, 0.1) is 11.6 Å². The Hall–Kier alpha value is -3.55. The summed E-state index contributed by atoms with van der Waals surface area (Å²) in [7, 11) is 0. The number of nitrogens with zero attached hydrogens (tertiary/aromatic N) is 1. The standard InChI is InChI=1S/C24H19ClN2O2/c1-17-5-11-22(12-6-17)27-24(28)16-29-23-4-2-3-18(14-23)13-20(15-26)19-7-9-21(25)10-8-19/h2-14H,16H2,1H3,(H,27,28)/b20-13+. The summed E-state index contributed by atoms with van der Waals surface area (Å²) < 4.78 is 5.60. The normalized spacial score (nSPS) is 10.9. The second-order valence-corrected chi connectivity index (χ2v) is 6.89. The third kappa shape index (κ3) is 5.97. The summed E-state index contributed by atoms with van der Waals surface area (Å²) in [4.78, 5) is 12.1. The van der Waals surface area contributed by atoms with Crippen molar-refractivity contribution in [3.63, 3.8) is 0 Å². The number of hydrogen-bond donors (Lipinski definition) is 1. The second-order valence-electron chi connectivity index (χ2n) is 6.45. The molecule has 0 atom stereocenters. The molecule has 3 aromatic rings. The maximum absolute atomic E-state index is 12.1. The van der Waals surface area contributed by atoms with Crippen LogP contribution >= 0.6 is 11.6 Å². The average Bonchev–Trinajstić information content (AvgIpc) is 2.73. The maximum Gasteiger partial charge on any atom is 0.262 e. The highest BCUT2D eigenvalue weighted by Gasteiger charge is 2.05. The first-order valence-electron chi connectivity index (χ1n) is 9.00. The topological polar surface area (TPSA) is 62.1 Å². The van der Waals surface area contributed by atoms with Crippen LogP contribution in [0.3, 0.4) is 0 Å². The van der Waals surface area contributed by atoms with Gasteiger partial charge < -0.3 is 10.1 Å². The van der Waals surface area contributed by atoms with Gasteiger partial charge in [-0.1, -0.05) is 53.6 Å². The molecule has 29 heavy (non-hydrogen) atoms. The number of amides is 1. The van der Waals surface area contributed by atoms with Gasteiger partial charge in [-0.05, 0) is 60.5 Å². The van der Waals surface area contributed by atoms with E-state index < -0.39 is 0 Å². The van der Waals surface area contributed by atoms with E-state index >= 15 is 0 Å². The number of carbonyl (C=O) groups excluding carboxylic acids is 1. The lowest BCUT2D eigenvalue weighted by molar-refractivity contribution is -0.118. The summed E-state index contributed by atoms with van der Waals surface area (Å²) in [5.74, 6) is 0.305. The van der Waals surface area contributed by atoms with Crippen molar-refractivity contribution >= 4 is 34.8 Å². The lowest BCUT2D eigenvalue weighted by atomic mass is 10.0. The van der Waals surface area contributed by atoms with Crippen LogP contribution in [0.4, 0.5) is 5.69 Å². The number of hydrogen-bond acceptors (Lipinski definition) is 3. The van der Waals surface area contributed by atoms with E-state index in [0.29, 0.717) is 16.3 Å². The van der Waals surface area contributed by atoms with Gasteiger partial charge in [-0.3, -0.25) is 4.79 Å². The van der Waals surface area contributed by atoms with Crippen LogP contribution in [0.25, 0.3) is 11.6 Å². The molecule has 0 unspecified atom stereocenters. The Morgan fingerprint density at radius 2 is 1.83 bits per heavy atom. The molecule has 1 amide bonds. The number of nitriles is 1. The number of anilines is 1. The van der Waals surface area contributed by atoms with E-state index in [9.17, 15) is 10.1 Å². The van der Waals surface area contributed by atoms with E-state index in [1.54, 1.807) is 42.5 Å². The zero-order valence-corrected chi connectivity index (χ0v) is 16.6. The molecule has 0 radical (unpaired) electrons. The SMILES string of the molecule is Cc1ccc(NC(=O)COc2cccc(/C=C(\C#N)c3ccc(Cl)cc3)c2)cc1. The first-order chi connectivity index (χ1) is 14.0. The first-order valence-corrected chi connectivity index (χ1v) is 9.38. The minimum absolute atomic E-state index is 0.108. The number of halogens is 1. The van der Waals surface area contributed by atoms with Crippen LogP contribution < -0.4 is 10.1 Å². The van der Waals surface area contributed by atoms with Crippen LogP contribution in [0.1, 0.15) is 16.7 Å². The van der Waals surface area contributed by atoms with Gasteiger partial charge in [-0.2, -0.15) is 5.26 Å². The summed E-state index contributed by atoms with van der Waals surface area (Å²) in [5, 5.41) is 12.9. The van der Waals surface area contributed by atoms with Crippen LogP contribution in [-0.2, 0) is 4.79 Å². The van der Waals surface area contributed by atoms with Gasteiger partial charge in [0.15, 0.2) is 6.61 Å². The van der Waals surface area contributed by atoms with E-state index in [0.717, 1.165) is 22.4 Å². The molecule has 144 valence electrons. The molecule has 0 spiro atoms. The number of benzene rings is 3. The Kier molecular flexibility index (Phi) is 6.67. The maximum atomic E-state index is 12.1. The summed E-state index contributed by atoms with van der Waals surface area (Å²) in [6.45, 7) is 1.88. The summed E-state index contributed by atoms with van der Waals surface area (Å²) in [5.41, 5.74) is 3.94. The molecule has 0 aliphatic rings. The summed E-state index contributed by atoms with van der Waals surface area (Å²) in [6.07, 6.45) is 1.77. The molecule has 3 rings (SSSR count). The number of aryl methyl sites for hydroxylation is 1. The van der Waals surface area contributed by atoms with Gasteiger partial charge >= 0.3 is 0 Å². The Morgan fingerprint density at radius 1 is 1.10 bits per heavy atom. The van der Waals surface area contributed by atoms with E-state index in [2.05, 4.69) is 11.4 Å². The number of carbonyl (C=O) groups is 1. The van der Waals surface area contributed by atoms with Crippen molar-refractivity contribution in [2.45, 2.75) is 6.92 Å². The predicted octanol–water partition coefficient (Wildman–Crippen LogP) is 5.73. The molecule has 1 N–H and O–H groups in total. The molecule has 0 aliphatic heterocycles. The Balaban J connectivity index is 1.65.